The summed E-state index contributed by atoms with van der Waals surface area (Å²) in [6.45, 7) is 3.83. The lowest BCUT2D eigenvalue weighted by molar-refractivity contribution is -0.157. The zero-order valence-electron chi connectivity index (χ0n) is 19.5. The number of anilines is 1. The number of fused-ring (bicyclic) bond motifs is 1. The number of amides is 1. The summed E-state index contributed by atoms with van der Waals surface area (Å²) in [4.78, 5) is 39.9. The number of nitrogens with zero attached hydrogens (tertiary/aromatic N) is 5. The van der Waals surface area contributed by atoms with E-state index in [0.29, 0.717) is 17.6 Å². The Morgan fingerprint density at radius 1 is 1.09 bits per heavy atom. The van der Waals surface area contributed by atoms with Crippen molar-refractivity contribution in [3.63, 3.8) is 0 Å². The van der Waals surface area contributed by atoms with Crippen LogP contribution in [0.3, 0.4) is 0 Å². The van der Waals surface area contributed by atoms with Gasteiger partial charge in [-0.1, -0.05) is 24.3 Å². The monoisotopic (exact) mass is 465 g/mol. The van der Waals surface area contributed by atoms with Crippen LogP contribution in [0, 0.1) is 5.41 Å². The van der Waals surface area contributed by atoms with Crippen LogP contribution in [0.15, 0.2) is 36.7 Å². The smallest absolute Gasteiger partial charge is 0.317 e. The van der Waals surface area contributed by atoms with Crippen LogP contribution in [0.2, 0.25) is 0 Å². The summed E-state index contributed by atoms with van der Waals surface area (Å²) in [7, 11) is 1.31. The van der Waals surface area contributed by atoms with Gasteiger partial charge in [-0.05, 0) is 30.4 Å². The highest BCUT2D eigenvalue weighted by Crippen LogP contribution is 2.33. The molecule has 3 aliphatic rings. The molecule has 9 nitrogen and oxygen atoms in total. The fourth-order valence-electron chi connectivity index (χ4n) is 5.38. The van der Waals surface area contributed by atoms with Crippen LogP contribution in [0.1, 0.15) is 34.3 Å². The van der Waals surface area contributed by atoms with Gasteiger partial charge in [0.15, 0.2) is 0 Å². The van der Waals surface area contributed by atoms with E-state index in [1.54, 1.807) is 17.3 Å². The summed E-state index contributed by atoms with van der Waals surface area (Å²) in [5.74, 6) is -0.0410. The molecule has 9 heteroatoms. The van der Waals surface area contributed by atoms with Crippen LogP contribution < -0.4 is 4.90 Å². The van der Waals surface area contributed by atoms with E-state index in [1.165, 1.54) is 18.2 Å². The van der Waals surface area contributed by atoms with Crippen LogP contribution >= 0.6 is 0 Å². The molecular weight excluding hydrogens is 434 g/mol. The van der Waals surface area contributed by atoms with Gasteiger partial charge in [-0.15, -0.1) is 0 Å². The van der Waals surface area contributed by atoms with Crippen molar-refractivity contribution in [3.05, 3.63) is 53.3 Å². The van der Waals surface area contributed by atoms with Gasteiger partial charge in [-0.3, -0.25) is 14.5 Å². The second kappa shape index (κ2) is 9.31. The number of rotatable bonds is 5. The van der Waals surface area contributed by atoms with E-state index in [4.69, 9.17) is 4.74 Å². The molecule has 1 amide bonds. The molecule has 1 aromatic heterocycles. The van der Waals surface area contributed by atoms with E-state index in [2.05, 4.69) is 39.1 Å². The quantitative estimate of drug-likeness (QED) is 0.656. The molecule has 0 unspecified atom stereocenters. The van der Waals surface area contributed by atoms with Gasteiger partial charge >= 0.3 is 5.97 Å². The molecule has 2 saturated heterocycles. The number of esters is 1. The third kappa shape index (κ3) is 4.14. The molecule has 180 valence electrons. The van der Waals surface area contributed by atoms with Crippen LogP contribution in [-0.2, 0) is 22.5 Å². The van der Waals surface area contributed by atoms with Crippen LogP contribution in [0.4, 0.5) is 5.95 Å². The molecule has 1 aromatic carbocycles. The van der Waals surface area contributed by atoms with Gasteiger partial charge in [0.05, 0.1) is 19.3 Å². The van der Waals surface area contributed by atoms with Crippen molar-refractivity contribution in [2.45, 2.75) is 31.8 Å². The highest BCUT2D eigenvalue weighted by Gasteiger charge is 2.51. The van der Waals surface area contributed by atoms with Gasteiger partial charge in [0.25, 0.3) is 5.91 Å². The van der Waals surface area contributed by atoms with Crippen LogP contribution in [0.25, 0.3) is 0 Å². The molecule has 4 heterocycles. The summed E-state index contributed by atoms with van der Waals surface area (Å²) in [5, 5.41) is 9.59. The number of aliphatic hydroxyl groups excluding tert-OH is 1. The molecule has 0 saturated carbocycles. The first-order valence-electron chi connectivity index (χ1n) is 11.9. The first kappa shape index (κ1) is 22.7. The number of aliphatic hydroxyl groups is 1. The maximum absolute atomic E-state index is 13.0. The van der Waals surface area contributed by atoms with E-state index in [9.17, 15) is 14.7 Å². The largest absolute Gasteiger partial charge is 0.468 e. The number of benzene rings is 1. The maximum atomic E-state index is 13.0. The molecule has 2 aromatic rings. The predicted octanol–water partition coefficient (Wildman–Crippen LogP) is 1.11. The van der Waals surface area contributed by atoms with E-state index in [-0.39, 0.29) is 25.6 Å². The van der Waals surface area contributed by atoms with Gasteiger partial charge in [0, 0.05) is 57.7 Å². The molecule has 0 spiro atoms. The minimum absolute atomic E-state index is 0.0446. The number of carbonyl (C=O) groups excluding carboxylic acids is 2. The number of methoxy groups -OCH3 is 1. The van der Waals surface area contributed by atoms with Crippen molar-refractivity contribution < 1.29 is 19.4 Å². The Hall–Kier alpha value is -3.04. The second-order valence-corrected chi connectivity index (χ2v) is 9.57. The predicted molar refractivity (Wildman–Crippen MR) is 125 cm³/mol. The van der Waals surface area contributed by atoms with E-state index >= 15 is 0 Å². The number of piperidine rings is 1. The normalized spacial score (nSPS) is 20.4. The third-order valence-corrected chi connectivity index (χ3v) is 7.50. The maximum Gasteiger partial charge on any atom is 0.317 e. The number of aromatic nitrogens is 2. The van der Waals surface area contributed by atoms with Gasteiger partial charge in [-0.25, -0.2) is 9.97 Å². The van der Waals surface area contributed by atoms with Crippen molar-refractivity contribution in [2.24, 2.45) is 5.41 Å². The van der Waals surface area contributed by atoms with E-state index in [1.807, 2.05) is 4.90 Å². The van der Waals surface area contributed by atoms with E-state index in [0.717, 1.165) is 45.4 Å². The Morgan fingerprint density at radius 2 is 1.76 bits per heavy atom. The zero-order valence-corrected chi connectivity index (χ0v) is 19.5. The summed E-state index contributed by atoms with van der Waals surface area (Å²) in [6, 6.07) is 9.18. The van der Waals surface area contributed by atoms with Gasteiger partial charge in [-0.2, -0.15) is 0 Å². The molecule has 0 atom stereocenters. The van der Waals surface area contributed by atoms with Crippen molar-refractivity contribution >= 4 is 17.8 Å². The lowest BCUT2D eigenvalue weighted by Gasteiger charge is -2.46. The molecule has 0 aliphatic carbocycles. The lowest BCUT2D eigenvalue weighted by atomic mass is 9.81. The molecule has 34 heavy (non-hydrogen) atoms. The van der Waals surface area contributed by atoms with Crippen LogP contribution in [0.5, 0.6) is 0 Å². The first-order chi connectivity index (χ1) is 16.5. The average molecular weight is 466 g/mol. The minimum Gasteiger partial charge on any atom is -0.468 e. The summed E-state index contributed by atoms with van der Waals surface area (Å²) >= 11 is 0. The van der Waals surface area contributed by atoms with Gasteiger partial charge in [0.1, 0.15) is 5.41 Å². The Morgan fingerprint density at radius 3 is 2.41 bits per heavy atom. The minimum atomic E-state index is -0.923. The highest BCUT2D eigenvalue weighted by atomic mass is 16.5. The molecule has 2 fully saturated rings. The Bertz CT molecular complexity index is 1050. The SMILES string of the molecule is COC(=O)C1(CO)CN(c2ncc(C(=O)N3CCC(N4CCc5ccccc5C4)CC3)cn2)C1. The number of carbonyl (C=O) groups is 2. The number of hydrogen-bond donors (Lipinski definition) is 1. The Balaban J connectivity index is 1.14. The molecule has 5 rings (SSSR count). The summed E-state index contributed by atoms with van der Waals surface area (Å²) in [5.41, 5.74) is 2.43. The van der Waals surface area contributed by atoms with E-state index < -0.39 is 11.4 Å². The number of hydrogen-bond acceptors (Lipinski definition) is 8. The van der Waals surface area contributed by atoms with Crippen molar-refractivity contribution in [1.82, 2.24) is 19.8 Å². The average Bonchev–Trinajstić information content (AvgIpc) is 2.88. The molecule has 3 aliphatic heterocycles. The lowest BCUT2D eigenvalue weighted by Crippen LogP contribution is -2.63. The Labute approximate surface area is 199 Å². The van der Waals surface area contributed by atoms with Crippen molar-refractivity contribution in [1.29, 1.82) is 0 Å². The molecule has 1 N–H and O–H groups in total. The Kier molecular flexibility index (Phi) is 6.22. The fourth-order valence-corrected chi connectivity index (χ4v) is 5.38. The topological polar surface area (TPSA) is 99.1 Å². The summed E-state index contributed by atoms with van der Waals surface area (Å²) in [6.07, 6.45) is 6.13. The first-order valence-corrected chi connectivity index (χ1v) is 11.9. The van der Waals surface area contributed by atoms with Crippen molar-refractivity contribution in [2.75, 3.05) is 51.3 Å². The zero-order chi connectivity index (χ0) is 23.7. The summed E-state index contributed by atoms with van der Waals surface area (Å²) < 4.78 is 4.79. The fraction of sp³-hybridized carbons (Fsp3) is 0.520. The highest BCUT2D eigenvalue weighted by molar-refractivity contribution is 5.93. The molecule has 0 bridgehead atoms. The molecular formula is C25H31N5O4. The number of ether oxygens (including phenoxy) is 1. The number of likely N-dealkylation sites (tertiary alicyclic amines) is 1. The third-order valence-electron chi connectivity index (χ3n) is 7.50. The van der Waals surface area contributed by atoms with Gasteiger partial charge < -0.3 is 19.6 Å². The second-order valence-electron chi connectivity index (χ2n) is 9.57. The van der Waals surface area contributed by atoms with Crippen molar-refractivity contribution in [3.8, 4) is 0 Å². The standard InChI is InChI=1S/C25H31N5O4/c1-34-23(33)25(17-31)15-30(16-25)24-26-12-20(13-27-24)22(32)28-10-7-21(8-11-28)29-9-6-18-4-2-3-5-19(18)14-29/h2-5,12-13,21,31H,6-11,14-17H2,1H3. The molecule has 0 radical (unpaired) electrons. The van der Waals surface area contributed by atoms with Gasteiger partial charge in [0.2, 0.25) is 5.95 Å². The van der Waals surface area contributed by atoms with Crippen LogP contribution in [-0.4, -0.2) is 89.2 Å².